The molecule has 1 aliphatic carbocycles. The Labute approximate surface area is 269 Å². The zero-order valence-corrected chi connectivity index (χ0v) is 26.5. The molecule has 4 amide bonds. The van der Waals surface area contributed by atoms with Gasteiger partial charge in [-0.05, 0) is 49.8 Å². The number of carbonyl (C=O) groups is 4. The number of fused-ring (bicyclic) bond motifs is 1. The first-order chi connectivity index (χ1) is 22.3. The highest BCUT2D eigenvalue weighted by Gasteiger charge is 2.30. The molecule has 1 atom stereocenters. The molecular weight excluding hydrogens is 588 g/mol. The van der Waals surface area contributed by atoms with Crippen molar-refractivity contribution in [3.63, 3.8) is 0 Å². The number of methoxy groups -OCH3 is 1. The smallest absolute Gasteiger partial charge is 0.272 e. The van der Waals surface area contributed by atoms with Gasteiger partial charge in [0.1, 0.15) is 0 Å². The van der Waals surface area contributed by atoms with Gasteiger partial charge in [0.15, 0.2) is 23.8 Å². The highest BCUT2D eigenvalue weighted by molar-refractivity contribution is 5.94. The number of nitrogens with one attached hydrogen (secondary N) is 2. The number of aryl methyl sites for hydroxylation is 1. The SMILES string of the molecule is COc1ccccc1OCC(=O)N1CCCC(=O)N(CCc2ccccc2)CC(=O)NC2CCc3c(c(nn3C)C(=O)NCC1)C2. The summed E-state index contributed by atoms with van der Waals surface area (Å²) in [4.78, 5) is 56.6. The number of hydrogen-bond acceptors (Lipinski definition) is 7. The van der Waals surface area contributed by atoms with Crippen LogP contribution < -0.4 is 20.1 Å². The van der Waals surface area contributed by atoms with Gasteiger partial charge in [0.05, 0.1) is 13.7 Å². The van der Waals surface area contributed by atoms with Gasteiger partial charge in [0.25, 0.3) is 11.8 Å². The average Bonchev–Trinajstić information content (AvgIpc) is 3.40. The van der Waals surface area contributed by atoms with E-state index in [1.165, 1.54) is 7.11 Å². The highest BCUT2D eigenvalue weighted by atomic mass is 16.5. The molecule has 1 aliphatic heterocycles. The minimum atomic E-state index is -0.326. The number of benzene rings is 2. The Balaban J connectivity index is 1.33. The minimum Gasteiger partial charge on any atom is -0.493 e. The van der Waals surface area contributed by atoms with E-state index in [2.05, 4.69) is 15.7 Å². The molecular formula is C34H42N6O6. The summed E-state index contributed by atoms with van der Waals surface area (Å²) in [5, 5.41) is 10.5. The van der Waals surface area contributed by atoms with Crippen LogP contribution in [0.4, 0.5) is 0 Å². The summed E-state index contributed by atoms with van der Waals surface area (Å²) in [5.74, 6) is -0.0475. The van der Waals surface area contributed by atoms with Gasteiger partial charge in [-0.25, -0.2) is 0 Å². The lowest BCUT2D eigenvalue weighted by Crippen LogP contribution is -2.46. The monoisotopic (exact) mass is 630 g/mol. The second kappa shape index (κ2) is 15.4. The Hall–Kier alpha value is -4.87. The van der Waals surface area contributed by atoms with Gasteiger partial charge < -0.3 is 29.9 Å². The van der Waals surface area contributed by atoms with Crippen LogP contribution in [0, 0.1) is 0 Å². The van der Waals surface area contributed by atoms with Crippen LogP contribution in [0.3, 0.4) is 0 Å². The predicted octanol–water partition coefficient (Wildman–Crippen LogP) is 1.90. The molecule has 5 rings (SSSR count). The summed E-state index contributed by atoms with van der Waals surface area (Å²) in [7, 11) is 3.35. The number of rotatable bonds is 7. The van der Waals surface area contributed by atoms with E-state index in [0.29, 0.717) is 55.8 Å². The molecule has 0 saturated heterocycles. The Kier molecular flexibility index (Phi) is 10.9. The van der Waals surface area contributed by atoms with Gasteiger partial charge in [0, 0.05) is 56.9 Å². The summed E-state index contributed by atoms with van der Waals surface area (Å²) >= 11 is 0. The molecule has 46 heavy (non-hydrogen) atoms. The van der Waals surface area contributed by atoms with Gasteiger partial charge in [0.2, 0.25) is 11.8 Å². The van der Waals surface area contributed by atoms with Crippen LogP contribution in [0.2, 0.25) is 0 Å². The van der Waals surface area contributed by atoms with Crippen molar-refractivity contribution in [3.8, 4) is 11.5 Å². The number of nitrogens with zero attached hydrogens (tertiary/aromatic N) is 4. The summed E-state index contributed by atoms with van der Waals surface area (Å²) in [6.45, 7) is 0.790. The van der Waals surface area contributed by atoms with Gasteiger partial charge in [-0.15, -0.1) is 0 Å². The summed E-state index contributed by atoms with van der Waals surface area (Å²) in [6.07, 6.45) is 3.01. The first-order valence-electron chi connectivity index (χ1n) is 15.8. The molecule has 244 valence electrons. The Bertz CT molecular complexity index is 1540. The summed E-state index contributed by atoms with van der Waals surface area (Å²) in [6, 6.07) is 16.8. The fourth-order valence-corrected chi connectivity index (χ4v) is 6.04. The maximum absolute atomic E-state index is 13.5. The zero-order valence-electron chi connectivity index (χ0n) is 26.5. The minimum absolute atomic E-state index is 0.0647. The van der Waals surface area contributed by atoms with E-state index < -0.39 is 0 Å². The van der Waals surface area contributed by atoms with Crippen molar-refractivity contribution in [2.75, 3.05) is 46.4 Å². The van der Waals surface area contributed by atoms with Crippen LogP contribution in [-0.2, 0) is 40.7 Å². The molecule has 2 aromatic carbocycles. The molecule has 12 heteroatoms. The van der Waals surface area contributed by atoms with Crippen molar-refractivity contribution in [1.29, 1.82) is 0 Å². The highest BCUT2D eigenvalue weighted by Crippen LogP contribution is 2.26. The summed E-state index contributed by atoms with van der Waals surface area (Å²) < 4.78 is 12.8. The van der Waals surface area contributed by atoms with E-state index in [1.807, 2.05) is 43.4 Å². The van der Waals surface area contributed by atoms with Gasteiger partial charge in [-0.3, -0.25) is 23.9 Å². The fourth-order valence-electron chi connectivity index (χ4n) is 6.04. The van der Waals surface area contributed by atoms with E-state index in [1.54, 1.807) is 32.7 Å². The molecule has 2 bridgehead atoms. The van der Waals surface area contributed by atoms with Gasteiger partial charge >= 0.3 is 0 Å². The first-order valence-corrected chi connectivity index (χ1v) is 15.8. The second-order valence-corrected chi connectivity index (χ2v) is 11.6. The van der Waals surface area contributed by atoms with Gasteiger partial charge in [-0.1, -0.05) is 42.5 Å². The van der Waals surface area contributed by atoms with Crippen molar-refractivity contribution < 1.29 is 28.7 Å². The number of ether oxygens (including phenoxy) is 2. The van der Waals surface area contributed by atoms with Gasteiger partial charge in [-0.2, -0.15) is 5.10 Å². The Morgan fingerprint density at radius 3 is 2.54 bits per heavy atom. The Morgan fingerprint density at radius 1 is 1.00 bits per heavy atom. The molecule has 0 spiro atoms. The quantitative estimate of drug-likeness (QED) is 0.407. The normalized spacial score (nSPS) is 18.0. The van der Waals surface area contributed by atoms with Crippen molar-refractivity contribution in [2.45, 2.75) is 44.6 Å². The summed E-state index contributed by atoms with van der Waals surface area (Å²) in [5.41, 5.74) is 3.19. The second-order valence-electron chi connectivity index (χ2n) is 11.6. The first kappa shape index (κ1) is 32.5. The molecule has 0 fully saturated rings. The lowest BCUT2D eigenvalue weighted by Gasteiger charge is -2.27. The lowest BCUT2D eigenvalue weighted by molar-refractivity contribution is -0.137. The third kappa shape index (κ3) is 8.23. The topological polar surface area (TPSA) is 135 Å². The maximum atomic E-state index is 13.5. The largest absolute Gasteiger partial charge is 0.493 e. The Morgan fingerprint density at radius 2 is 1.76 bits per heavy atom. The molecule has 1 unspecified atom stereocenters. The van der Waals surface area contributed by atoms with Crippen LogP contribution in [0.15, 0.2) is 54.6 Å². The van der Waals surface area contributed by atoms with Crippen molar-refractivity contribution in [3.05, 3.63) is 77.1 Å². The third-order valence-electron chi connectivity index (χ3n) is 8.49. The van der Waals surface area contributed by atoms with Crippen LogP contribution in [-0.4, -0.2) is 95.7 Å². The van der Waals surface area contributed by atoms with Crippen molar-refractivity contribution >= 4 is 23.6 Å². The predicted molar refractivity (Wildman–Crippen MR) is 171 cm³/mol. The molecule has 2 aliphatic rings. The fraction of sp³-hybridized carbons (Fsp3) is 0.441. The van der Waals surface area contributed by atoms with Crippen molar-refractivity contribution in [2.24, 2.45) is 7.05 Å². The van der Waals surface area contributed by atoms with E-state index in [-0.39, 0.29) is 68.9 Å². The van der Waals surface area contributed by atoms with Crippen LogP contribution in [0.1, 0.15) is 46.6 Å². The van der Waals surface area contributed by atoms with Crippen LogP contribution >= 0.6 is 0 Å². The molecule has 3 aromatic rings. The average molecular weight is 631 g/mol. The van der Waals surface area contributed by atoms with Crippen molar-refractivity contribution in [1.82, 2.24) is 30.2 Å². The maximum Gasteiger partial charge on any atom is 0.272 e. The number of amides is 4. The van der Waals surface area contributed by atoms with Crippen LogP contribution in [0.25, 0.3) is 0 Å². The van der Waals surface area contributed by atoms with E-state index >= 15 is 0 Å². The number of carbonyl (C=O) groups excluding carboxylic acids is 4. The third-order valence-corrected chi connectivity index (χ3v) is 8.49. The molecule has 2 heterocycles. The lowest BCUT2D eigenvalue weighted by atomic mass is 9.91. The zero-order chi connectivity index (χ0) is 32.5. The van der Waals surface area contributed by atoms with E-state index in [0.717, 1.165) is 16.8 Å². The molecule has 0 radical (unpaired) electrons. The molecule has 1 aromatic heterocycles. The standard InChI is InChI=1S/C34H42N6O6/c1-38-27-15-14-25-21-26(27)33(37-38)34(44)35-17-20-39(32(43)23-46-29-12-7-6-11-28(29)45-2)18-8-13-31(42)40(22-30(41)36-25)19-16-24-9-4-3-5-10-24/h3-7,9-12,25H,8,13-23H2,1-2H3,(H,35,44)(H,36,41). The van der Waals surface area contributed by atoms with E-state index in [4.69, 9.17) is 9.47 Å². The molecule has 0 saturated carbocycles. The molecule has 2 N–H and O–H groups in total. The van der Waals surface area contributed by atoms with Crippen LogP contribution in [0.5, 0.6) is 11.5 Å². The molecule has 12 nitrogen and oxygen atoms in total. The van der Waals surface area contributed by atoms with E-state index in [9.17, 15) is 19.2 Å². The number of aromatic nitrogens is 2. The number of para-hydroxylation sites is 2. The number of hydrogen-bond donors (Lipinski definition) is 2.